The van der Waals surface area contributed by atoms with Crippen molar-refractivity contribution in [2.24, 2.45) is 0 Å². The van der Waals surface area contributed by atoms with Crippen molar-refractivity contribution in [1.29, 1.82) is 0 Å². The van der Waals surface area contributed by atoms with Crippen LogP contribution in [0.4, 0.5) is 0 Å². The Morgan fingerprint density at radius 1 is 1.38 bits per heavy atom. The average Bonchev–Trinajstić information content (AvgIpc) is 3.15. The highest BCUT2D eigenvalue weighted by atomic mass is 32.1. The standard InChI is InChI=1S/C14H13N5OS/c1-10-6-13(21-9-10)14(20)16-7-11-8-19(18-17-11)12-2-4-15-5-3-12/h2-6,8-9H,7H2,1H3,(H,16,20). The molecule has 0 atom stereocenters. The van der Waals surface area contributed by atoms with Crippen LogP contribution in [0.15, 0.2) is 42.2 Å². The van der Waals surface area contributed by atoms with E-state index >= 15 is 0 Å². The number of hydrogen-bond donors (Lipinski definition) is 1. The molecule has 0 spiro atoms. The van der Waals surface area contributed by atoms with E-state index in [1.165, 1.54) is 11.3 Å². The van der Waals surface area contributed by atoms with E-state index in [0.717, 1.165) is 11.3 Å². The maximum absolute atomic E-state index is 11.9. The van der Waals surface area contributed by atoms with E-state index in [9.17, 15) is 4.79 Å². The van der Waals surface area contributed by atoms with Crippen LogP contribution in [0.2, 0.25) is 0 Å². The average molecular weight is 299 g/mol. The Bertz CT molecular complexity index is 750. The smallest absolute Gasteiger partial charge is 0.261 e. The zero-order valence-corrected chi connectivity index (χ0v) is 12.2. The van der Waals surface area contributed by atoms with Crippen molar-refractivity contribution in [2.75, 3.05) is 0 Å². The third kappa shape index (κ3) is 3.14. The van der Waals surface area contributed by atoms with Gasteiger partial charge in [-0.3, -0.25) is 9.78 Å². The first kappa shape index (κ1) is 13.4. The van der Waals surface area contributed by atoms with Crippen LogP contribution >= 0.6 is 11.3 Å². The third-order valence-electron chi connectivity index (χ3n) is 2.85. The predicted molar refractivity (Wildman–Crippen MR) is 79.4 cm³/mol. The van der Waals surface area contributed by atoms with Crippen molar-refractivity contribution in [3.8, 4) is 5.69 Å². The molecule has 0 bridgehead atoms. The van der Waals surface area contributed by atoms with Crippen molar-refractivity contribution in [3.63, 3.8) is 0 Å². The zero-order chi connectivity index (χ0) is 14.7. The van der Waals surface area contributed by atoms with Crippen molar-refractivity contribution in [1.82, 2.24) is 25.3 Å². The van der Waals surface area contributed by atoms with Gasteiger partial charge in [0, 0.05) is 12.4 Å². The fourth-order valence-corrected chi connectivity index (χ4v) is 2.62. The fourth-order valence-electron chi connectivity index (χ4n) is 1.81. The number of nitrogens with one attached hydrogen (secondary N) is 1. The Morgan fingerprint density at radius 3 is 2.90 bits per heavy atom. The minimum Gasteiger partial charge on any atom is -0.346 e. The first-order valence-corrected chi connectivity index (χ1v) is 7.25. The molecule has 0 aliphatic heterocycles. The minimum atomic E-state index is -0.0911. The van der Waals surface area contributed by atoms with E-state index in [1.807, 2.05) is 30.5 Å². The van der Waals surface area contributed by atoms with Crippen LogP contribution in [0.25, 0.3) is 5.69 Å². The van der Waals surface area contributed by atoms with Crippen molar-refractivity contribution in [2.45, 2.75) is 13.5 Å². The van der Waals surface area contributed by atoms with Gasteiger partial charge in [-0.25, -0.2) is 4.68 Å². The molecule has 3 aromatic heterocycles. The Morgan fingerprint density at radius 2 is 2.19 bits per heavy atom. The Labute approximate surface area is 125 Å². The second-order valence-electron chi connectivity index (χ2n) is 4.53. The molecule has 106 valence electrons. The van der Waals surface area contributed by atoms with E-state index in [2.05, 4.69) is 20.6 Å². The summed E-state index contributed by atoms with van der Waals surface area (Å²) in [4.78, 5) is 16.6. The van der Waals surface area contributed by atoms with Gasteiger partial charge < -0.3 is 5.32 Å². The van der Waals surface area contributed by atoms with Crippen LogP contribution in [0.5, 0.6) is 0 Å². The SMILES string of the molecule is Cc1csc(C(=O)NCc2cn(-c3ccncc3)nn2)c1. The maximum Gasteiger partial charge on any atom is 0.261 e. The maximum atomic E-state index is 11.9. The second kappa shape index (κ2) is 5.84. The first-order chi connectivity index (χ1) is 10.2. The number of rotatable bonds is 4. The molecule has 0 aliphatic rings. The quantitative estimate of drug-likeness (QED) is 0.799. The number of thiophene rings is 1. The fraction of sp³-hybridized carbons (Fsp3) is 0.143. The summed E-state index contributed by atoms with van der Waals surface area (Å²) in [5.41, 5.74) is 2.67. The second-order valence-corrected chi connectivity index (χ2v) is 5.44. The van der Waals surface area contributed by atoms with E-state index in [4.69, 9.17) is 0 Å². The Kier molecular flexibility index (Phi) is 3.74. The summed E-state index contributed by atoms with van der Waals surface area (Å²) in [5.74, 6) is -0.0911. The van der Waals surface area contributed by atoms with E-state index < -0.39 is 0 Å². The summed E-state index contributed by atoms with van der Waals surface area (Å²) >= 11 is 1.43. The van der Waals surface area contributed by atoms with Crippen molar-refractivity contribution in [3.05, 3.63) is 58.3 Å². The molecule has 1 amide bonds. The largest absolute Gasteiger partial charge is 0.346 e. The van der Waals surface area contributed by atoms with Gasteiger partial charge in [0.2, 0.25) is 0 Å². The van der Waals surface area contributed by atoms with Gasteiger partial charge in [0.15, 0.2) is 0 Å². The molecule has 0 unspecified atom stereocenters. The molecule has 3 rings (SSSR count). The molecule has 0 aromatic carbocycles. The highest BCUT2D eigenvalue weighted by molar-refractivity contribution is 7.12. The van der Waals surface area contributed by atoms with Gasteiger partial charge in [-0.2, -0.15) is 0 Å². The molecule has 6 nitrogen and oxygen atoms in total. The molecule has 3 heterocycles. The monoisotopic (exact) mass is 299 g/mol. The van der Waals surface area contributed by atoms with Crippen LogP contribution < -0.4 is 5.32 Å². The van der Waals surface area contributed by atoms with Crippen LogP contribution in [0.3, 0.4) is 0 Å². The third-order valence-corrected chi connectivity index (χ3v) is 3.90. The summed E-state index contributed by atoms with van der Waals surface area (Å²) < 4.78 is 1.65. The van der Waals surface area contributed by atoms with Gasteiger partial charge in [-0.1, -0.05) is 5.21 Å². The molecule has 0 saturated carbocycles. The van der Waals surface area contributed by atoms with Crippen LogP contribution in [-0.2, 0) is 6.54 Å². The van der Waals surface area contributed by atoms with Gasteiger partial charge in [0.1, 0.15) is 5.69 Å². The summed E-state index contributed by atoms with van der Waals surface area (Å²) in [7, 11) is 0. The van der Waals surface area contributed by atoms with Gasteiger partial charge in [-0.05, 0) is 36.1 Å². The summed E-state index contributed by atoms with van der Waals surface area (Å²) in [6.07, 6.45) is 5.17. The molecular weight excluding hydrogens is 286 g/mol. The Hall–Kier alpha value is -2.54. The molecule has 0 fully saturated rings. The topological polar surface area (TPSA) is 72.7 Å². The van der Waals surface area contributed by atoms with E-state index in [1.54, 1.807) is 23.3 Å². The van der Waals surface area contributed by atoms with Crippen molar-refractivity contribution >= 4 is 17.2 Å². The molecule has 0 radical (unpaired) electrons. The van der Waals surface area contributed by atoms with Gasteiger partial charge >= 0.3 is 0 Å². The van der Waals surface area contributed by atoms with Gasteiger partial charge in [0.25, 0.3) is 5.91 Å². The number of carbonyl (C=O) groups is 1. The van der Waals surface area contributed by atoms with E-state index in [0.29, 0.717) is 17.1 Å². The van der Waals surface area contributed by atoms with Crippen LogP contribution in [-0.4, -0.2) is 25.9 Å². The molecule has 3 aromatic rings. The van der Waals surface area contributed by atoms with Crippen LogP contribution in [0, 0.1) is 6.92 Å². The number of carbonyl (C=O) groups excluding carboxylic acids is 1. The first-order valence-electron chi connectivity index (χ1n) is 6.37. The Balaban J connectivity index is 1.64. The number of aryl methyl sites for hydroxylation is 1. The van der Waals surface area contributed by atoms with E-state index in [-0.39, 0.29) is 5.91 Å². The predicted octanol–water partition coefficient (Wildman–Crippen LogP) is 1.96. The number of amides is 1. The normalized spacial score (nSPS) is 10.5. The highest BCUT2D eigenvalue weighted by Crippen LogP contribution is 2.13. The van der Waals surface area contributed by atoms with Crippen molar-refractivity contribution < 1.29 is 4.79 Å². The van der Waals surface area contributed by atoms with Gasteiger partial charge in [-0.15, -0.1) is 16.4 Å². The lowest BCUT2D eigenvalue weighted by Gasteiger charge is -2.00. The zero-order valence-electron chi connectivity index (χ0n) is 11.4. The highest BCUT2D eigenvalue weighted by Gasteiger charge is 2.09. The summed E-state index contributed by atoms with van der Waals surface area (Å²) in [6, 6.07) is 5.55. The minimum absolute atomic E-state index is 0.0911. The number of pyridine rings is 1. The lowest BCUT2D eigenvalue weighted by atomic mass is 10.3. The molecule has 0 aliphatic carbocycles. The lowest BCUT2D eigenvalue weighted by Crippen LogP contribution is -2.21. The van der Waals surface area contributed by atoms with Crippen LogP contribution in [0.1, 0.15) is 20.9 Å². The lowest BCUT2D eigenvalue weighted by molar-refractivity contribution is 0.0954. The molecule has 21 heavy (non-hydrogen) atoms. The summed E-state index contributed by atoms with van der Waals surface area (Å²) in [5, 5.41) is 12.9. The summed E-state index contributed by atoms with van der Waals surface area (Å²) in [6.45, 7) is 2.31. The molecule has 0 saturated heterocycles. The molecule has 1 N–H and O–H groups in total. The molecular formula is C14H13N5OS. The van der Waals surface area contributed by atoms with Gasteiger partial charge in [0.05, 0.1) is 23.3 Å². The number of nitrogens with zero attached hydrogens (tertiary/aromatic N) is 4. The number of hydrogen-bond acceptors (Lipinski definition) is 5. The number of aromatic nitrogens is 4. The molecule has 7 heteroatoms.